The summed E-state index contributed by atoms with van der Waals surface area (Å²) in [5.41, 5.74) is 1.28. The molecule has 112 valence electrons. The van der Waals surface area contributed by atoms with Gasteiger partial charge in [-0.15, -0.1) is 0 Å². The lowest BCUT2D eigenvalue weighted by molar-refractivity contribution is -0.142. The molecular formula is C15H25N3O2. The largest absolute Gasteiger partial charge is 0.351 e. The van der Waals surface area contributed by atoms with Crippen LogP contribution in [0.3, 0.4) is 0 Å². The summed E-state index contributed by atoms with van der Waals surface area (Å²) in [6.07, 6.45) is 6.42. The van der Waals surface area contributed by atoms with Crippen LogP contribution in [0.5, 0.6) is 0 Å². The fourth-order valence-corrected chi connectivity index (χ4v) is 2.85. The first-order valence-corrected chi connectivity index (χ1v) is 7.68. The zero-order chi connectivity index (χ0) is 14.4. The van der Waals surface area contributed by atoms with E-state index in [9.17, 15) is 9.59 Å². The summed E-state index contributed by atoms with van der Waals surface area (Å²) in [6, 6.07) is -0.265. The Morgan fingerprint density at radius 1 is 1.45 bits per heavy atom. The van der Waals surface area contributed by atoms with E-state index < -0.39 is 0 Å². The highest BCUT2D eigenvalue weighted by Crippen LogP contribution is 2.18. The highest BCUT2D eigenvalue weighted by Gasteiger charge is 2.31. The maximum absolute atomic E-state index is 12.3. The molecule has 20 heavy (non-hydrogen) atoms. The summed E-state index contributed by atoms with van der Waals surface area (Å²) >= 11 is 0. The second-order valence-electron chi connectivity index (χ2n) is 5.49. The van der Waals surface area contributed by atoms with Gasteiger partial charge in [0.25, 0.3) is 0 Å². The van der Waals surface area contributed by atoms with Crippen LogP contribution in [0.25, 0.3) is 0 Å². The Kier molecular flexibility index (Phi) is 5.59. The normalized spacial score (nSPS) is 23.1. The fraction of sp³-hybridized carbons (Fsp3) is 0.733. The zero-order valence-electron chi connectivity index (χ0n) is 12.3. The number of piperidine rings is 1. The van der Waals surface area contributed by atoms with Crippen LogP contribution in [-0.2, 0) is 9.59 Å². The second kappa shape index (κ2) is 7.43. The van der Waals surface area contributed by atoms with Crippen molar-refractivity contribution >= 4 is 11.8 Å². The van der Waals surface area contributed by atoms with E-state index in [0.717, 1.165) is 45.3 Å². The van der Waals surface area contributed by atoms with E-state index in [1.165, 1.54) is 5.57 Å². The van der Waals surface area contributed by atoms with Crippen molar-refractivity contribution in [2.45, 2.75) is 45.1 Å². The van der Waals surface area contributed by atoms with Crippen LogP contribution in [-0.4, -0.2) is 48.9 Å². The molecule has 1 saturated heterocycles. The molecule has 1 atom stereocenters. The molecular weight excluding hydrogens is 254 g/mol. The minimum absolute atomic E-state index is 0.00549. The number of rotatable bonds is 4. The van der Waals surface area contributed by atoms with Gasteiger partial charge in [-0.05, 0) is 32.2 Å². The average Bonchev–Trinajstić information content (AvgIpc) is 2.52. The Bertz CT molecular complexity index is 393. The third-order valence-electron chi connectivity index (χ3n) is 4.08. The molecule has 0 aromatic carbocycles. The molecule has 0 aromatic heterocycles. The molecule has 2 heterocycles. The van der Waals surface area contributed by atoms with Gasteiger partial charge in [0.2, 0.25) is 11.8 Å². The van der Waals surface area contributed by atoms with E-state index in [0.29, 0.717) is 13.0 Å². The molecule has 0 spiro atoms. The number of hydrogen-bond acceptors (Lipinski definition) is 3. The predicted molar refractivity (Wildman–Crippen MR) is 78.2 cm³/mol. The maximum Gasteiger partial charge on any atom is 0.243 e. The first kappa shape index (κ1) is 15.0. The minimum Gasteiger partial charge on any atom is -0.351 e. The van der Waals surface area contributed by atoms with Crippen molar-refractivity contribution in [3.63, 3.8) is 0 Å². The molecule has 2 aliphatic heterocycles. The van der Waals surface area contributed by atoms with Crippen molar-refractivity contribution in [1.29, 1.82) is 0 Å². The number of amides is 2. The van der Waals surface area contributed by atoms with E-state index in [2.05, 4.69) is 16.7 Å². The molecule has 5 heteroatoms. The van der Waals surface area contributed by atoms with Crippen molar-refractivity contribution < 1.29 is 9.59 Å². The lowest BCUT2D eigenvalue weighted by Gasteiger charge is -2.34. The van der Waals surface area contributed by atoms with Gasteiger partial charge in [-0.25, -0.2) is 0 Å². The smallest absolute Gasteiger partial charge is 0.243 e. The van der Waals surface area contributed by atoms with Crippen LogP contribution in [0.2, 0.25) is 0 Å². The van der Waals surface area contributed by atoms with Crippen molar-refractivity contribution in [1.82, 2.24) is 15.5 Å². The van der Waals surface area contributed by atoms with E-state index in [1.54, 1.807) is 4.90 Å². The van der Waals surface area contributed by atoms with Gasteiger partial charge in [0.15, 0.2) is 0 Å². The molecule has 2 amide bonds. The van der Waals surface area contributed by atoms with Crippen LogP contribution in [0.4, 0.5) is 0 Å². The standard InChI is InChI=1S/C15H25N3O2/c1-2-14(19)18-10-4-3-5-13(18)15(20)17-11-12-6-8-16-9-7-12/h6,13,16H,2-5,7-11H2,1H3,(H,17,20). The Morgan fingerprint density at radius 2 is 2.30 bits per heavy atom. The Labute approximate surface area is 120 Å². The summed E-state index contributed by atoms with van der Waals surface area (Å²) in [5, 5.41) is 6.26. The lowest BCUT2D eigenvalue weighted by Crippen LogP contribution is -2.52. The molecule has 1 fully saturated rings. The highest BCUT2D eigenvalue weighted by atomic mass is 16.2. The topological polar surface area (TPSA) is 61.4 Å². The minimum atomic E-state index is -0.265. The number of hydrogen-bond donors (Lipinski definition) is 2. The number of nitrogens with one attached hydrogen (secondary N) is 2. The van der Waals surface area contributed by atoms with E-state index in [4.69, 9.17) is 0 Å². The summed E-state index contributed by atoms with van der Waals surface area (Å²) < 4.78 is 0. The highest BCUT2D eigenvalue weighted by molar-refractivity contribution is 5.87. The van der Waals surface area contributed by atoms with Gasteiger partial charge in [0.05, 0.1) is 0 Å². The van der Waals surface area contributed by atoms with Gasteiger partial charge in [0, 0.05) is 26.1 Å². The van der Waals surface area contributed by atoms with Gasteiger partial charge in [-0.1, -0.05) is 18.6 Å². The van der Waals surface area contributed by atoms with Crippen LogP contribution in [0.15, 0.2) is 11.6 Å². The van der Waals surface area contributed by atoms with Gasteiger partial charge in [0.1, 0.15) is 6.04 Å². The van der Waals surface area contributed by atoms with Crippen LogP contribution >= 0.6 is 0 Å². The number of likely N-dealkylation sites (tertiary alicyclic amines) is 1. The Morgan fingerprint density at radius 3 is 3.00 bits per heavy atom. The van der Waals surface area contributed by atoms with Crippen molar-refractivity contribution in [3.05, 3.63) is 11.6 Å². The monoisotopic (exact) mass is 279 g/mol. The van der Waals surface area contributed by atoms with Crippen molar-refractivity contribution in [3.8, 4) is 0 Å². The summed E-state index contributed by atoms with van der Waals surface area (Å²) in [6.45, 7) is 5.05. The molecule has 0 bridgehead atoms. The molecule has 5 nitrogen and oxygen atoms in total. The molecule has 0 aromatic rings. The third-order valence-corrected chi connectivity index (χ3v) is 4.08. The van der Waals surface area contributed by atoms with Crippen LogP contribution in [0.1, 0.15) is 39.0 Å². The summed E-state index contributed by atoms with van der Waals surface area (Å²) in [5.74, 6) is 0.0943. The van der Waals surface area contributed by atoms with Gasteiger partial charge < -0.3 is 15.5 Å². The lowest BCUT2D eigenvalue weighted by atomic mass is 10.0. The summed E-state index contributed by atoms with van der Waals surface area (Å²) in [4.78, 5) is 26.0. The Hall–Kier alpha value is -1.36. The first-order valence-electron chi connectivity index (χ1n) is 7.68. The SMILES string of the molecule is CCC(=O)N1CCCCC1C(=O)NCC1=CCNCC1. The molecule has 2 N–H and O–H groups in total. The average molecular weight is 279 g/mol. The van der Waals surface area contributed by atoms with Crippen molar-refractivity contribution in [2.75, 3.05) is 26.2 Å². The number of nitrogens with zero attached hydrogens (tertiary/aromatic N) is 1. The number of carbonyl (C=O) groups is 2. The Balaban J connectivity index is 1.88. The van der Waals surface area contributed by atoms with E-state index in [-0.39, 0.29) is 17.9 Å². The third kappa shape index (κ3) is 3.82. The van der Waals surface area contributed by atoms with E-state index in [1.807, 2.05) is 6.92 Å². The molecule has 2 aliphatic rings. The molecule has 0 aliphatic carbocycles. The molecule has 2 rings (SSSR count). The summed E-state index contributed by atoms with van der Waals surface area (Å²) in [7, 11) is 0. The predicted octanol–water partition coefficient (Wildman–Crippen LogP) is 0.813. The number of carbonyl (C=O) groups excluding carboxylic acids is 2. The first-order chi connectivity index (χ1) is 9.72. The molecule has 0 radical (unpaired) electrons. The van der Waals surface area contributed by atoms with Gasteiger partial charge >= 0.3 is 0 Å². The molecule has 0 saturated carbocycles. The van der Waals surface area contributed by atoms with Gasteiger partial charge in [-0.2, -0.15) is 0 Å². The van der Waals surface area contributed by atoms with Crippen LogP contribution in [0, 0.1) is 0 Å². The zero-order valence-corrected chi connectivity index (χ0v) is 12.3. The van der Waals surface area contributed by atoms with Crippen LogP contribution < -0.4 is 10.6 Å². The van der Waals surface area contributed by atoms with Gasteiger partial charge in [-0.3, -0.25) is 9.59 Å². The van der Waals surface area contributed by atoms with E-state index >= 15 is 0 Å². The molecule has 1 unspecified atom stereocenters. The maximum atomic E-state index is 12.3. The second-order valence-corrected chi connectivity index (χ2v) is 5.49. The van der Waals surface area contributed by atoms with Crippen molar-refractivity contribution in [2.24, 2.45) is 0 Å². The fourth-order valence-electron chi connectivity index (χ4n) is 2.85. The quantitative estimate of drug-likeness (QED) is 0.749.